The van der Waals surface area contributed by atoms with Crippen molar-refractivity contribution < 1.29 is 9.53 Å². The van der Waals surface area contributed by atoms with Crippen molar-refractivity contribution >= 4 is 17.7 Å². The number of morpholine rings is 1. The fourth-order valence-electron chi connectivity index (χ4n) is 1.68. The van der Waals surface area contributed by atoms with Gasteiger partial charge in [0.1, 0.15) is 5.25 Å². The second-order valence-electron chi connectivity index (χ2n) is 3.95. The van der Waals surface area contributed by atoms with Gasteiger partial charge in [0.05, 0.1) is 13.2 Å². The van der Waals surface area contributed by atoms with Gasteiger partial charge in [-0.25, -0.2) is 9.97 Å². The first-order chi connectivity index (χ1) is 8.75. The zero-order chi connectivity index (χ0) is 12.8. The third-order valence-electron chi connectivity index (χ3n) is 2.63. The van der Waals surface area contributed by atoms with Gasteiger partial charge in [-0.1, -0.05) is 11.8 Å². The van der Waals surface area contributed by atoms with Gasteiger partial charge in [-0.05, 0) is 6.07 Å². The first-order valence-electron chi connectivity index (χ1n) is 5.79. The van der Waals surface area contributed by atoms with E-state index in [1.54, 1.807) is 18.5 Å². The molecule has 1 unspecified atom stereocenters. The first kappa shape index (κ1) is 13.3. The molecule has 2 N–H and O–H groups in total. The Kier molecular flexibility index (Phi) is 4.91. The zero-order valence-electron chi connectivity index (χ0n) is 9.99. The smallest absolute Gasteiger partial charge is 0.232 e. The minimum Gasteiger partial charge on any atom is -0.379 e. The topological polar surface area (TPSA) is 81.3 Å². The molecular formula is C11H16N4O2S. The van der Waals surface area contributed by atoms with Gasteiger partial charge in [0.2, 0.25) is 5.91 Å². The molecule has 0 aromatic carbocycles. The summed E-state index contributed by atoms with van der Waals surface area (Å²) in [7, 11) is 0. The van der Waals surface area contributed by atoms with Crippen LogP contribution in [-0.2, 0) is 9.53 Å². The summed E-state index contributed by atoms with van der Waals surface area (Å²) < 4.78 is 5.27. The molecule has 6 nitrogen and oxygen atoms in total. The normalized spacial score (nSPS) is 18.4. The minimum atomic E-state index is -0.334. The van der Waals surface area contributed by atoms with E-state index in [-0.39, 0.29) is 11.2 Å². The van der Waals surface area contributed by atoms with Crippen LogP contribution >= 0.6 is 11.8 Å². The third-order valence-corrected chi connectivity index (χ3v) is 3.72. The second kappa shape index (κ2) is 6.67. The van der Waals surface area contributed by atoms with Crippen molar-refractivity contribution in [2.24, 2.45) is 5.73 Å². The summed E-state index contributed by atoms with van der Waals surface area (Å²) in [5, 5.41) is 0.250. The van der Waals surface area contributed by atoms with E-state index in [2.05, 4.69) is 14.9 Å². The lowest BCUT2D eigenvalue weighted by molar-refractivity contribution is -0.118. The van der Waals surface area contributed by atoms with Gasteiger partial charge >= 0.3 is 0 Å². The van der Waals surface area contributed by atoms with Crippen molar-refractivity contribution in [2.45, 2.75) is 10.4 Å². The number of primary amides is 1. The van der Waals surface area contributed by atoms with E-state index in [1.165, 1.54) is 11.8 Å². The lowest BCUT2D eigenvalue weighted by Gasteiger charge is -2.28. The Morgan fingerprint density at radius 2 is 2.11 bits per heavy atom. The molecule has 1 fully saturated rings. The Morgan fingerprint density at radius 1 is 1.44 bits per heavy atom. The molecule has 0 radical (unpaired) electrons. The van der Waals surface area contributed by atoms with E-state index in [9.17, 15) is 4.79 Å². The van der Waals surface area contributed by atoms with Crippen molar-refractivity contribution in [3.63, 3.8) is 0 Å². The van der Waals surface area contributed by atoms with Crippen LogP contribution in [0.15, 0.2) is 23.6 Å². The Hall–Kier alpha value is -1.18. The molecular weight excluding hydrogens is 252 g/mol. The summed E-state index contributed by atoms with van der Waals surface area (Å²) in [6, 6.07) is 1.74. The lowest BCUT2D eigenvalue weighted by atomic mass is 10.3. The van der Waals surface area contributed by atoms with Gasteiger partial charge in [-0.3, -0.25) is 9.69 Å². The SMILES string of the molecule is NC(=O)C(CN1CCOCC1)Sc1ncccn1. The number of carbonyl (C=O) groups is 1. The van der Waals surface area contributed by atoms with Crippen LogP contribution in [0.1, 0.15) is 0 Å². The molecule has 1 atom stereocenters. The van der Waals surface area contributed by atoms with Crippen molar-refractivity contribution in [1.82, 2.24) is 14.9 Å². The molecule has 2 heterocycles. The van der Waals surface area contributed by atoms with Gasteiger partial charge in [-0.2, -0.15) is 0 Å². The van der Waals surface area contributed by atoms with Gasteiger partial charge < -0.3 is 10.5 Å². The van der Waals surface area contributed by atoms with Crippen LogP contribution in [0.4, 0.5) is 0 Å². The number of amides is 1. The van der Waals surface area contributed by atoms with Crippen LogP contribution in [0.3, 0.4) is 0 Å². The van der Waals surface area contributed by atoms with Crippen LogP contribution in [0.25, 0.3) is 0 Å². The second-order valence-corrected chi connectivity index (χ2v) is 5.12. The number of carbonyl (C=O) groups excluding carboxylic acids is 1. The third kappa shape index (κ3) is 3.94. The quantitative estimate of drug-likeness (QED) is 0.586. The maximum absolute atomic E-state index is 11.5. The number of nitrogens with two attached hydrogens (primary N) is 1. The van der Waals surface area contributed by atoms with E-state index in [0.29, 0.717) is 24.9 Å². The Bertz CT molecular complexity index is 384. The van der Waals surface area contributed by atoms with E-state index < -0.39 is 0 Å². The van der Waals surface area contributed by atoms with Gasteiger partial charge in [0.15, 0.2) is 5.16 Å². The number of aromatic nitrogens is 2. The summed E-state index contributed by atoms with van der Waals surface area (Å²) >= 11 is 1.31. The Labute approximate surface area is 110 Å². The van der Waals surface area contributed by atoms with Gasteiger partial charge in [-0.15, -0.1) is 0 Å². The zero-order valence-corrected chi connectivity index (χ0v) is 10.8. The maximum atomic E-state index is 11.5. The molecule has 1 aliphatic rings. The van der Waals surface area contributed by atoms with Crippen molar-refractivity contribution in [3.8, 4) is 0 Å². The molecule has 1 aliphatic heterocycles. The molecule has 0 aliphatic carbocycles. The minimum absolute atomic E-state index is 0.328. The maximum Gasteiger partial charge on any atom is 0.232 e. The standard InChI is InChI=1S/C11H16N4O2S/c12-10(16)9(8-15-4-6-17-7-5-15)18-11-13-2-1-3-14-11/h1-3,9H,4-8H2,(H2,12,16). The summed E-state index contributed by atoms with van der Waals surface area (Å²) in [5.74, 6) is -0.334. The van der Waals surface area contributed by atoms with Crippen LogP contribution in [0.2, 0.25) is 0 Å². The Balaban J connectivity index is 1.93. The monoisotopic (exact) mass is 268 g/mol. The van der Waals surface area contributed by atoms with Gasteiger partial charge in [0, 0.05) is 32.0 Å². The average molecular weight is 268 g/mol. The summed E-state index contributed by atoms with van der Waals surface area (Å²) in [6.45, 7) is 3.69. The molecule has 0 spiro atoms. The molecule has 1 saturated heterocycles. The van der Waals surface area contributed by atoms with Crippen LogP contribution in [0, 0.1) is 0 Å². The van der Waals surface area contributed by atoms with Crippen LogP contribution in [0.5, 0.6) is 0 Å². The molecule has 1 aromatic rings. The molecule has 0 saturated carbocycles. The summed E-state index contributed by atoms with van der Waals surface area (Å²) in [6.07, 6.45) is 3.31. The lowest BCUT2D eigenvalue weighted by Crippen LogP contribution is -2.43. The Morgan fingerprint density at radius 3 is 2.72 bits per heavy atom. The number of nitrogens with zero attached hydrogens (tertiary/aromatic N) is 3. The predicted octanol–water partition coefficient (Wildman–Crippen LogP) is -0.245. The van der Waals surface area contributed by atoms with E-state index in [0.717, 1.165) is 13.1 Å². The highest BCUT2D eigenvalue weighted by Gasteiger charge is 2.22. The highest BCUT2D eigenvalue weighted by molar-refractivity contribution is 8.00. The molecule has 2 rings (SSSR count). The summed E-state index contributed by atoms with van der Waals surface area (Å²) in [5.41, 5.74) is 5.43. The number of hydrogen-bond acceptors (Lipinski definition) is 6. The van der Waals surface area contributed by atoms with E-state index in [1.807, 2.05) is 0 Å². The number of rotatable bonds is 5. The van der Waals surface area contributed by atoms with Crippen molar-refractivity contribution in [3.05, 3.63) is 18.5 Å². The predicted molar refractivity (Wildman–Crippen MR) is 68.1 cm³/mol. The number of thioether (sulfide) groups is 1. The van der Waals surface area contributed by atoms with Crippen molar-refractivity contribution in [1.29, 1.82) is 0 Å². The fourth-order valence-corrected chi connectivity index (χ4v) is 2.58. The van der Waals surface area contributed by atoms with Crippen LogP contribution in [-0.4, -0.2) is 58.9 Å². The van der Waals surface area contributed by atoms with E-state index in [4.69, 9.17) is 10.5 Å². The van der Waals surface area contributed by atoms with Gasteiger partial charge in [0.25, 0.3) is 0 Å². The number of hydrogen-bond donors (Lipinski definition) is 1. The average Bonchev–Trinajstić information content (AvgIpc) is 2.40. The number of ether oxygens (including phenoxy) is 1. The van der Waals surface area contributed by atoms with E-state index >= 15 is 0 Å². The first-order valence-corrected chi connectivity index (χ1v) is 6.67. The molecule has 1 amide bonds. The van der Waals surface area contributed by atoms with Crippen molar-refractivity contribution in [2.75, 3.05) is 32.8 Å². The molecule has 18 heavy (non-hydrogen) atoms. The molecule has 7 heteroatoms. The van der Waals surface area contributed by atoms with Crippen LogP contribution < -0.4 is 5.73 Å². The molecule has 98 valence electrons. The molecule has 0 bridgehead atoms. The largest absolute Gasteiger partial charge is 0.379 e. The highest BCUT2D eigenvalue weighted by atomic mass is 32.2. The molecule has 1 aromatic heterocycles. The fraction of sp³-hybridized carbons (Fsp3) is 0.545. The summed E-state index contributed by atoms with van der Waals surface area (Å²) in [4.78, 5) is 21.8. The highest BCUT2D eigenvalue weighted by Crippen LogP contribution is 2.19.